The number of nitrogens with zero attached hydrogens (tertiary/aromatic N) is 1. The summed E-state index contributed by atoms with van der Waals surface area (Å²) in [7, 11) is 3.12. The third kappa shape index (κ3) is 5.77. The number of aliphatic hydroxyl groups excluding tert-OH is 1. The number of ether oxygens (including phenoxy) is 2. The Hall–Kier alpha value is -2.00. The fourth-order valence-electron chi connectivity index (χ4n) is 2.39. The maximum Gasteiger partial charge on any atom is 0.193 e. The van der Waals surface area contributed by atoms with Crippen LogP contribution >= 0.6 is 24.0 Å². The first-order valence-electron chi connectivity index (χ1n) is 7.98. The summed E-state index contributed by atoms with van der Waals surface area (Å²) in [6.45, 7) is 4.19. The second-order valence-corrected chi connectivity index (χ2v) is 5.77. The number of halogens is 1. The van der Waals surface area contributed by atoms with Gasteiger partial charge >= 0.3 is 0 Å². The molecule has 26 heavy (non-hydrogen) atoms. The molecule has 0 saturated carbocycles. The summed E-state index contributed by atoms with van der Waals surface area (Å²) in [6, 6.07) is 11.2. The topological polar surface area (TPSA) is 89.1 Å². The zero-order chi connectivity index (χ0) is 18.4. The number of hydrogen-bond acceptors (Lipinski definition) is 4. The third-order valence-electron chi connectivity index (χ3n) is 4.01. The number of nitrogens with two attached hydrogens (primary N) is 1. The molecule has 0 radical (unpaired) electrons. The molecular weight excluding hydrogens is 445 g/mol. The fraction of sp³-hybridized carbons (Fsp3) is 0.316. The second-order valence-electron chi connectivity index (χ2n) is 5.77. The van der Waals surface area contributed by atoms with Gasteiger partial charge < -0.3 is 25.6 Å². The summed E-state index contributed by atoms with van der Waals surface area (Å²) in [5.74, 6) is 1.45. The molecule has 142 valence electrons. The van der Waals surface area contributed by atoms with Crippen LogP contribution in [0.5, 0.6) is 11.5 Å². The minimum Gasteiger partial charge on any atom is -0.497 e. The Kier molecular flexibility index (Phi) is 8.67. The highest BCUT2D eigenvalue weighted by atomic mass is 127. The molecule has 1 unspecified atom stereocenters. The monoisotopic (exact) mass is 471 g/mol. The smallest absolute Gasteiger partial charge is 0.193 e. The second kappa shape index (κ2) is 10.2. The van der Waals surface area contributed by atoms with Crippen molar-refractivity contribution >= 4 is 35.6 Å². The Balaban J connectivity index is 0.00000338. The van der Waals surface area contributed by atoms with Crippen molar-refractivity contribution in [2.45, 2.75) is 20.0 Å². The molecule has 0 aromatic heterocycles. The van der Waals surface area contributed by atoms with Gasteiger partial charge in [-0.15, -0.1) is 24.0 Å². The highest BCUT2D eigenvalue weighted by Crippen LogP contribution is 2.29. The molecule has 2 rings (SSSR count). The van der Waals surface area contributed by atoms with Gasteiger partial charge in [0, 0.05) is 11.3 Å². The van der Waals surface area contributed by atoms with Crippen LogP contribution in [0.4, 0.5) is 5.69 Å². The highest BCUT2D eigenvalue weighted by Gasteiger charge is 2.14. The van der Waals surface area contributed by atoms with Gasteiger partial charge in [0.15, 0.2) is 5.96 Å². The van der Waals surface area contributed by atoms with Crippen LogP contribution in [-0.4, -0.2) is 31.8 Å². The molecule has 0 aliphatic heterocycles. The highest BCUT2D eigenvalue weighted by molar-refractivity contribution is 14.0. The largest absolute Gasteiger partial charge is 0.497 e. The van der Waals surface area contributed by atoms with E-state index in [1.165, 1.54) is 11.1 Å². The molecule has 0 amide bonds. The fourth-order valence-corrected chi connectivity index (χ4v) is 2.39. The van der Waals surface area contributed by atoms with E-state index in [1.807, 2.05) is 25.1 Å². The van der Waals surface area contributed by atoms with E-state index in [2.05, 4.69) is 17.2 Å². The molecule has 2 aromatic rings. The van der Waals surface area contributed by atoms with Crippen molar-refractivity contribution in [2.24, 2.45) is 10.7 Å². The van der Waals surface area contributed by atoms with E-state index >= 15 is 0 Å². The summed E-state index contributed by atoms with van der Waals surface area (Å²) in [6.07, 6.45) is -0.856. The minimum atomic E-state index is -0.856. The van der Waals surface area contributed by atoms with Gasteiger partial charge in [-0.1, -0.05) is 6.07 Å². The van der Waals surface area contributed by atoms with E-state index in [4.69, 9.17) is 15.2 Å². The van der Waals surface area contributed by atoms with Crippen LogP contribution in [0.15, 0.2) is 41.4 Å². The Morgan fingerprint density at radius 1 is 1.12 bits per heavy atom. The van der Waals surface area contributed by atoms with E-state index in [0.717, 1.165) is 5.69 Å². The number of aryl methyl sites for hydroxylation is 2. The first-order chi connectivity index (χ1) is 11.9. The number of nitrogens with one attached hydrogen (secondary N) is 1. The lowest BCUT2D eigenvalue weighted by Crippen LogP contribution is -2.23. The number of methoxy groups -OCH3 is 2. The average molecular weight is 471 g/mol. The predicted molar refractivity (Wildman–Crippen MR) is 116 cm³/mol. The Bertz CT molecular complexity index is 766. The lowest BCUT2D eigenvalue weighted by atomic mass is 10.1. The SMILES string of the molecule is COc1ccc(OC)c(C(O)CN=C(N)Nc2ccc(C)c(C)c2)c1.I. The molecular formula is C19H26IN3O3. The zero-order valence-electron chi connectivity index (χ0n) is 15.4. The number of benzene rings is 2. The van der Waals surface area contributed by atoms with Crippen LogP contribution < -0.4 is 20.5 Å². The molecule has 0 aliphatic carbocycles. The summed E-state index contributed by atoms with van der Waals surface area (Å²) in [5, 5.41) is 13.5. The van der Waals surface area contributed by atoms with E-state index in [9.17, 15) is 5.11 Å². The van der Waals surface area contributed by atoms with Gasteiger partial charge in [-0.2, -0.15) is 0 Å². The van der Waals surface area contributed by atoms with Gasteiger partial charge in [0.25, 0.3) is 0 Å². The molecule has 0 fully saturated rings. The number of rotatable bonds is 6. The Labute approximate surface area is 171 Å². The van der Waals surface area contributed by atoms with E-state index in [-0.39, 0.29) is 36.5 Å². The average Bonchev–Trinajstić information content (AvgIpc) is 2.62. The number of guanidine groups is 1. The van der Waals surface area contributed by atoms with Gasteiger partial charge in [-0.25, -0.2) is 0 Å². The maximum absolute atomic E-state index is 10.4. The number of aliphatic hydroxyl groups is 1. The third-order valence-corrected chi connectivity index (χ3v) is 4.01. The molecule has 2 aromatic carbocycles. The Morgan fingerprint density at radius 2 is 1.85 bits per heavy atom. The van der Waals surface area contributed by atoms with Crippen LogP contribution in [0.1, 0.15) is 22.8 Å². The molecule has 6 nitrogen and oxygen atoms in total. The zero-order valence-corrected chi connectivity index (χ0v) is 17.8. The summed E-state index contributed by atoms with van der Waals surface area (Å²) < 4.78 is 10.5. The van der Waals surface area contributed by atoms with Crippen LogP contribution in [-0.2, 0) is 0 Å². The molecule has 0 saturated heterocycles. The quantitative estimate of drug-likeness (QED) is 0.342. The molecule has 1 atom stereocenters. The summed E-state index contributed by atoms with van der Waals surface area (Å²) in [5.41, 5.74) is 9.75. The van der Waals surface area contributed by atoms with Crippen molar-refractivity contribution in [1.82, 2.24) is 0 Å². The molecule has 0 bridgehead atoms. The van der Waals surface area contributed by atoms with Crippen molar-refractivity contribution < 1.29 is 14.6 Å². The van der Waals surface area contributed by atoms with Gasteiger partial charge in [-0.3, -0.25) is 4.99 Å². The van der Waals surface area contributed by atoms with Crippen LogP contribution in [0.25, 0.3) is 0 Å². The van der Waals surface area contributed by atoms with E-state index < -0.39 is 6.10 Å². The molecule has 0 aliphatic rings. The minimum absolute atomic E-state index is 0. The molecule has 7 heteroatoms. The van der Waals surface area contributed by atoms with Crippen molar-refractivity contribution in [2.75, 3.05) is 26.1 Å². The van der Waals surface area contributed by atoms with E-state index in [0.29, 0.717) is 17.1 Å². The van der Waals surface area contributed by atoms with Gasteiger partial charge in [0.1, 0.15) is 17.6 Å². The van der Waals surface area contributed by atoms with Gasteiger partial charge in [-0.05, 0) is 55.3 Å². The van der Waals surface area contributed by atoms with Crippen molar-refractivity contribution in [3.05, 3.63) is 53.1 Å². The Morgan fingerprint density at radius 3 is 2.46 bits per heavy atom. The van der Waals surface area contributed by atoms with Crippen LogP contribution in [0.3, 0.4) is 0 Å². The molecule has 4 N–H and O–H groups in total. The van der Waals surface area contributed by atoms with Crippen molar-refractivity contribution in [3.8, 4) is 11.5 Å². The molecule has 0 heterocycles. The first kappa shape index (κ1) is 22.0. The van der Waals surface area contributed by atoms with Crippen molar-refractivity contribution in [3.63, 3.8) is 0 Å². The lowest BCUT2D eigenvalue weighted by Gasteiger charge is -2.15. The first-order valence-corrected chi connectivity index (χ1v) is 7.98. The van der Waals surface area contributed by atoms with Gasteiger partial charge in [0.2, 0.25) is 0 Å². The van der Waals surface area contributed by atoms with E-state index in [1.54, 1.807) is 32.4 Å². The standard InChI is InChI=1S/C19H25N3O3.HI/c1-12-5-6-14(9-13(12)2)22-19(20)21-11-17(23)16-10-15(24-3)7-8-18(16)25-4;/h5-10,17,23H,11H2,1-4H3,(H3,20,21,22);1H. The van der Waals surface area contributed by atoms with Crippen molar-refractivity contribution in [1.29, 1.82) is 0 Å². The van der Waals surface area contributed by atoms with Crippen LogP contribution in [0.2, 0.25) is 0 Å². The van der Waals surface area contributed by atoms with Crippen LogP contribution in [0, 0.1) is 13.8 Å². The summed E-state index contributed by atoms with van der Waals surface area (Å²) in [4.78, 5) is 4.22. The maximum atomic E-state index is 10.4. The predicted octanol–water partition coefficient (Wildman–Crippen LogP) is 3.40. The lowest BCUT2D eigenvalue weighted by molar-refractivity contribution is 0.182. The normalized spacial score (nSPS) is 12.1. The number of aliphatic imine (C=N–C) groups is 1. The number of anilines is 1. The summed E-state index contributed by atoms with van der Waals surface area (Å²) >= 11 is 0. The van der Waals surface area contributed by atoms with Gasteiger partial charge in [0.05, 0.1) is 20.8 Å². The number of hydrogen-bond donors (Lipinski definition) is 3. The molecule has 0 spiro atoms.